The minimum absolute atomic E-state index is 0.00891. The Morgan fingerprint density at radius 2 is 2.00 bits per heavy atom. The van der Waals surface area contributed by atoms with Crippen LogP contribution in [0.3, 0.4) is 0 Å². The molecule has 1 N–H and O–H groups in total. The first-order valence-electron chi connectivity index (χ1n) is 6.92. The van der Waals surface area contributed by atoms with Gasteiger partial charge in [-0.3, -0.25) is 9.59 Å². The molecule has 4 rings (SSSR count). The van der Waals surface area contributed by atoms with Crippen molar-refractivity contribution >= 4 is 35.3 Å². The number of ether oxygens (including phenoxy) is 1. The lowest BCUT2D eigenvalue weighted by Crippen LogP contribution is -2.39. The van der Waals surface area contributed by atoms with Gasteiger partial charge in [0.05, 0.1) is 17.1 Å². The van der Waals surface area contributed by atoms with Crippen molar-refractivity contribution in [2.75, 3.05) is 0 Å². The van der Waals surface area contributed by atoms with Gasteiger partial charge in [0.25, 0.3) is 0 Å². The Labute approximate surface area is 130 Å². The first-order chi connectivity index (χ1) is 10.1. The van der Waals surface area contributed by atoms with E-state index >= 15 is 0 Å². The van der Waals surface area contributed by atoms with Gasteiger partial charge in [0.2, 0.25) is 0 Å². The predicted octanol–water partition coefficient (Wildman–Crippen LogP) is 2.69. The Hall–Kier alpha value is -1.20. The van der Waals surface area contributed by atoms with Crippen LogP contribution in [-0.2, 0) is 14.3 Å². The zero-order valence-electron chi connectivity index (χ0n) is 10.9. The monoisotopic (exact) mass is 324 g/mol. The van der Waals surface area contributed by atoms with Gasteiger partial charge in [-0.2, -0.15) is 0 Å². The first kappa shape index (κ1) is 13.5. The maximum atomic E-state index is 11.9. The summed E-state index contributed by atoms with van der Waals surface area (Å²) in [5, 5.41) is 10.2. The van der Waals surface area contributed by atoms with E-state index in [1.807, 2.05) is 24.3 Å². The van der Waals surface area contributed by atoms with Crippen LogP contribution >= 0.6 is 23.4 Å². The van der Waals surface area contributed by atoms with E-state index in [1.54, 1.807) is 11.8 Å². The van der Waals surface area contributed by atoms with Crippen LogP contribution in [0.5, 0.6) is 0 Å². The van der Waals surface area contributed by atoms with E-state index in [1.165, 1.54) is 0 Å². The van der Waals surface area contributed by atoms with Crippen molar-refractivity contribution in [3.63, 3.8) is 0 Å². The molecule has 2 aliphatic carbocycles. The molecule has 0 aromatic heterocycles. The van der Waals surface area contributed by atoms with Gasteiger partial charge in [-0.1, -0.05) is 11.6 Å². The number of carboxylic acid groups (broad SMARTS) is 1. The summed E-state index contributed by atoms with van der Waals surface area (Å²) < 4.78 is 5.48. The van der Waals surface area contributed by atoms with Crippen LogP contribution in [0.25, 0.3) is 0 Å². The van der Waals surface area contributed by atoms with Crippen molar-refractivity contribution in [3.8, 4) is 0 Å². The molecule has 6 atom stereocenters. The average Bonchev–Trinajstić information content (AvgIpc) is 3.04. The first-order valence-corrected chi connectivity index (χ1v) is 8.17. The average molecular weight is 325 g/mol. The van der Waals surface area contributed by atoms with E-state index in [9.17, 15) is 14.7 Å². The van der Waals surface area contributed by atoms with Crippen LogP contribution in [0.4, 0.5) is 0 Å². The molecule has 2 saturated carbocycles. The van der Waals surface area contributed by atoms with E-state index in [0.717, 1.165) is 11.3 Å². The number of hydrogen-bond donors (Lipinski definition) is 1. The maximum absolute atomic E-state index is 11.9. The predicted molar refractivity (Wildman–Crippen MR) is 77.2 cm³/mol. The quantitative estimate of drug-likeness (QED) is 0.866. The van der Waals surface area contributed by atoms with Crippen molar-refractivity contribution < 1.29 is 19.4 Å². The fraction of sp³-hybridized carbons (Fsp3) is 0.467. The molecule has 1 aromatic carbocycles. The highest BCUT2D eigenvalue weighted by Crippen LogP contribution is 2.61. The number of rotatable bonds is 3. The van der Waals surface area contributed by atoms with E-state index in [0.29, 0.717) is 5.02 Å². The molecule has 21 heavy (non-hydrogen) atoms. The molecule has 3 aliphatic rings. The molecule has 3 fully saturated rings. The number of carboxylic acids is 1. The van der Waals surface area contributed by atoms with Crippen LogP contribution in [0.2, 0.25) is 5.02 Å². The number of esters is 1. The molecule has 1 aliphatic heterocycles. The summed E-state index contributed by atoms with van der Waals surface area (Å²) in [5.74, 6) is -2.13. The standard InChI is InChI=1S/C15H13ClO4S/c16-6-1-3-7(4-2-6)21-13-9-5-8-11(10(9)14(17)18)15(19)20-12(8)13/h1-4,8-13H,5H2,(H,17,18). The summed E-state index contributed by atoms with van der Waals surface area (Å²) in [4.78, 5) is 24.5. The number of thioether (sulfide) groups is 1. The van der Waals surface area contributed by atoms with Crippen LogP contribution in [0, 0.1) is 23.7 Å². The molecule has 2 bridgehead atoms. The van der Waals surface area contributed by atoms with Crippen molar-refractivity contribution in [2.45, 2.75) is 22.7 Å². The molecule has 1 saturated heterocycles. The Kier molecular flexibility index (Phi) is 2.98. The third-order valence-corrected chi connectivity index (χ3v) is 6.60. The van der Waals surface area contributed by atoms with Crippen LogP contribution < -0.4 is 0 Å². The topological polar surface area (TPSA) is 63.6 Å². The zero-order chi connectivity index (χ0) is 14.7. The lowest BCUT2D eigenvalue weighted by Gasteiger charge is -2.29. The van der Waals surface area contributed by atoms with E-state index in [2.05, 4.69) is 0 Å². The van der Waals surface area contributed by atoms with E-state index in [4.69, 9.17) is 16.3 Å². The third kappa shape index (κ3) is 1.90. The summed E-state index contributed by atoms with van der Waals surface area (Å²) in [7, 11) is 0. The van der Waals surface area contributed by atoms with Crippen LogP contribution in [-0.4, -0.2) is 28.4 Å². The van der Waals surface area contributed by atoms with Gasteiger partial charge in [0.1, 0.15) is 6.10 Å². The third-order valence-electron chi connectivity index (χ3n) is 4.92. The van der Waals surface area contributed by atoms with Crippen molar-refractivity contribution in [3.05, 3.63) is 29.3 Å². The van der Waals surface area contributed by atoms with Crippen molar-refractivity contribution in [1.82, 2.24) is 0 Å². The summed E-state index contributed by atoms with van der Waals surface area (Å²) in [6.45, 7) is 0. The highest BCUT2D eigenvalue weighted by molar-refractivity contribution is 8.00. The lowest BCUT2D eigenvalue weighted by atomic mass is 9.80. The molecule has 6 heteroatoms. The van der Waals surface area contributed by atoms with Gasteiger partial charge >= 0.3 is 11.9 Å². The Balaban J connectivity index is 1.63. The second kappa shape index (κ2) is 4.65. The summed E-state index contributed by atoms with van der Waals surface area (Å²) in [5.41, 5.74) is 0. The summed E-state index contributed by atoms with van der Waals surface area (Å²) >= 11 is 7.49. The fourth-order valence-corrected chi connectivity index (χ4v) is 5.73. The Morgan fingerprint density at radius 1 is 1.29 bits per heavy atom. The molecule has 0 spiro atoms. The Morgan fingerprint density at radius 3 is 2.67 bits per heavy atom. The fourth-order valence-electron chi connectivity index (χ4n) is 4.15. The highest BCUT2D eigenvalue weighted by atomic mass is 35.5. The number of aliphatic carboxylic acids is 1. The van der Waals surface area contributed by atoms with Gasteiger partial charge in [-0.15, -0.1) is 11.8 Å². The second-order valence-corrected chi connectivity index (χ2v) is 7.58. The molecule has 0 radical (unpaired) electrons. The molecular weight excluding hydrogens is 312 g/mol. The van der Waals surface area contributed by atoms with E-state index < -0.39 is 17.8 Å². The summed E-state index contributed by atoms with van der Waals surface area (Å²) in [6.07, 6.45) is 0.646. The number of benzene rings is 1. The smallest absolute Gasteiger partial charge is 0.310 e. The lowest BCUT2D eigenvalue weighted by molar-refractivity contribution is -0.151. The molecule has 1 aromatic rings. The second-order valence-electron chi connectivity index (χ2n) is 5.89. The SMILES string of the molecule is O=C1OC2C3CC(C2Sc2ccc(Cl)cc2)C(C(=O)O)C13. The van der Waals surface area contributed by atoms with Gasteiger partial charge in [-0.25, -0.2) is 0 Å². The zero-order valence-corrected chi connectivity index (χ0v) is 12.5. The van der Waals surface area contributed by atoms with E-state index in [-0.39, 0.29) is 29.2 Å². The van der Waals surface area contributed by atoms with Crippen molar-refractivity contribution in [1.29, 1.82) is 0 Å². The number of halogens is 1. The molecule has 1 heterocycles. The number of carbonyl (C=O) groups excluding carboxylic acids is 1. The van der Waals surface area contributed by atoms with Gasteiger partial charge < -0.3 is 9.84 Å². The largest absolute Gasteiger partial charge is 0.481 e. The Bertz CT molecular complexity index is 617. The normalized spacial score (nSPS) is 39.6. The van der Waals surface area contributed by atoms with Crippen molar-refractivity contribution in [2.24, 2.45) is 23.7 Å². The minimum Gasteiger partial charge on any atom is -0.481 e. The minimum atomic E-state index is -0.869. The van der Waals surface area contributed by atoms with Gasteiger partial charge in [0, 0.05) is 15.8 Å². The number of hydrogen-bond acceptors (Lipinski definition) is 4. The number of fused-ring (bicyclic) bond motifs is 1. The van der Waals surface area contributed by atoms with Gasteiger partial charge in [-0.05, 0) is 36.6 Å². The summed E-state index contributed by atoms with van der Waals surface area (Å²) in [6, 6.07) is 7.47. The maximum Gasteiger partial charge on any atom is 0.310 e. The van der Waals surface area contributed by atoms with Crippen LogP contribution in [0.15, 0.2) is 29.2 Å². The molecular formula is C15H13ClO4S. The molecule has 6 unspecified atom stereocenters. The number of carbonyl (C=O) groups is 2. The van der Waals surface area contributed by atoms with Crippen LogP contribution in [0.1, 0.15) is 6.42 Å². The van der Waals surface area contributed by atoms with Gasteiger partial charge in [0.15, 0.2) is 0 Å². The molecule has 4 nitrogen and oxygen atoms in total. The highest BCUT2D eigenvalue weighted by Gasteiger charge is 2.68. The molecule has 0 amide bonds. The molecule has 110 valence electrons.